The molecule has 5 nitrogen and oxygen atoms in total. The Labute approximate surface area is 93.9 Å². The van der Waals surface area contributed by atoms with E-state index in [1.54, 1.807) is 24.5 Å². The molecule has 0 aliphatic heterocycles. The molecule has 0 unspecified atom stereocenters. The number of pyridine rings is 1. The van der Waals surface area contributed by atoms with Crippen LogP contribution < -0.4 is 10.5 Å². The van der Waals surface area contributed by atoms with Gasteiger partial charge in [-0.1, -0.05) is 0 Å². The van der Waals surface area contributed by atoms with Gasteiger partial charge in [0.05, 0.1) is 6.61 Å². The van der Waals surface area contributed by atoms with Gasteiger partial charge >= 0.3 is 0 Å². The highest BCUT2D eigenvalue weighted by Crippen LogP contribution is 2.12. The Morgan fingerprint density at radius 3 is 2.94 bits per heavy atom. The van der Waals surface area contributed by atoms with Crippen molar-refractivity contribution in [3.05, 3.63) is 36.5 Å². The first-order valence-corrected chi connectivity index (χ1v) is 5.06. The van der Waals surface area contributed by atoms with Crippen molar-refractivity contribution < 1.29 is 4.74 Å². The number of nitrogens with two attached hydrogens (primary N) is 1. The lowest BCUT2D eigenvalue weighted by molar-refractivity contribution is 0.317. The zero-order valence-corrected chi connectivity index (χ0v) is 9.13. The monoisotopic (exact) mass is 218 g/mol. The normalized spacial score (nSPS) is 10.3. The summed E-state index contributed by atoms with van der Waals surface area (Å²) in [6.07, 6.45) is 6.09. The summed E-state index contributed by atoms with van der Waals surface area (Å²) < 4.78 is 7.52. The Morgan fingerprint density at radius 1 is 1.38 bits per heavy atom. The van der Waals surface area contributed by atoms with Gasteiger partial charge in [-0.25, -0.2) is 9.97 Å². The van der Waals surface area contributed by atoms with E-state index in [1.807, 2.05) is 17.8 Å². The van der Waals surface area contributed by atoms with E-state index in [2.05, 4.69) is 9.97 Å². The molecule has 0 spiro atoms. The fourth-order valence-corrected chi connectivity index (χ4v) is 1.42. The first-order chi connectivity index (χ1) is 7.75. The van der Waals surface area contributed by atoms with Gasteiger partial charge in [0.25, 0.3) is 0 Å². The maximum absolute atomic E-state index is 5.54. The molecule has 0 radical (unpaired) electrons. The predicted molar refractivity (Wildman–Crippen MR) is 61.1 cm³/mol. The van der Waals surface area contributed by atoms with Crippen LogP contribution in [-0.2, 0) is 13.5 Å². The number of nitrogen functional groups attached to an aromatic ring is 1. The Morgan fingerprint density at radius 2 is 2.25 bits per heavy atom. The molecule has 0 aliphatic carbocycles. The number of aryl methyl sites for hydroxylation is 1. The Hall–Kier alpha value is -2.04. The van der Waals surface area contributed by atoms with Gasteiger partial charge < -0.3 is 15.0 Å². The van der Waals surface area contributed by atoms with Crippen molar-refractivity contribution in [2.24, 2.45) is 7.05 Å². The van der Waals surface area contributed by atoms with Gasteiger partial charge in [0, 0.05) is 38.1 Å². The second kappa shape index (κ2) is 4.65. The molecule has 0 atom stereocenters. The van der Waals surface area contributed by atoms with E-state index < -0.39 is 0 Å². The highest BCUT2D eigenvalue weighted by Gasteiger charge is 2.00. The van der Waals surface area contributed by atoms with Crippen LogP contribution in [0.25, 0.3) is 0 Å². The summed E-state index contributed by atoms with van der Waals surface area (Å²) in [5, 5.41) is 0. The first-order valence-electron chi connectivity index (χ1n) is 5.06. The summed E-state index contributed by atoms with van der Waals surface area (Å²) in [5.74, 6) is 2.21. The molecular weight excluding hydrogens is 204 g/mol. The average Bonchev–Trinajstić information content (AvgIpc) is 2.65. The van der Waals surface area contributed by atoms with Crippen molar-refractivity contribution in [2.45, 2.75) is 6.42 Å². The largest absolute Gasteiger partial charge is 0.493 e. The molecule has 0 aromatic carbocycles. The zero-order valence-electron chi connectivity index (χ0n) is 9.13. The van der Waals surface area contributed by atoms with E-state index in [1.165, 1.54) is 0 Å². The second-order valence-corrected chi connectivity index (χ2v) is 3.47. The van der Waals surface area contributed by atoms with Crippen LogP contribution in [0.15, 0.2) is 30.7 Å². The summed E-state index contributed by atoms with van der Waals surface area (Å²) in [6.45, 7) is 0.578. The molecule has 2 aromatic heterocycles. The molecule has 0 saturated heterocycles. The molecule has 0 fully saturated rings. The lowest BCUT2D eigenvalue weighted by atomic mass is 10.4. The maximum Gasteiger partial charge on any atom is 0.126 e. The number of rotatable bonds is 4. The number of imidazole rings is 1. The minimum atomic E-state index is 0.467. The van der Waals surface area contributed by atoms with E-state index in [0.717, 1.165) is 18.0 Å². The van der Waals surface area contributed by atoms with Crippen LogP contribution in [0.1, 0.15) is 5.82 Å². The number of hydrogen-bond acceptors (Lipinski definition) is 4. The van der Waals surface area contributed by atoms with Crippen LogP contribution in [0.4, 0.5) is 5.82 Å². The molecule has 16 heavy (non-hydrogen) atoms. The number of anilines is 1. The van der Waals surface area contributed by atoms with Gasteiger partial charge in [-0.2, -0.15) is 0 Å². The van der Waals surface area contributed by atoms with Crippen molar-refractivity contribution in [1.29, 1.82) is 0 Å². The van der Waals surface area contributed by atoms with Crippen LogP contribution in [0.2, 0.25) is 0 Å². The molecule has 2 heterocycles. The molecule has 0 bridgehead atoms. The fourth-order valence-electron chi connectivity index (χ4n) is 1.42. The van der Waals surface area contributed by atoms with Gasteiger partial charge in [0.15, 0.2) is 0 Å². The van der Waals surface area contributed by atoms with E-state index in [4.69, 9.17) is 10.5 Å². The molecule has 0 amide bonds. The van der Waals surface area contributed by atoms with E-state index in [9.17, 15) is 0 Å². The number of hydrogen-bond donors (Lipinski definition) is 1. The molecular formula is C11H14N4O. The SMILES string of the molecule is Cn1ccnc1CCOc1ccnc(N)c1. The Kier molecular flexibility index (Phi) is 3.05. The number of nitrogens with zero attached hydrogens (tertiary/aromatic N) is 3. The smallest absolute Gasteiger partial charge is 0.126 e. The third-order valence-electron chi connectivity index (χ3n) is 2.27. The molecule has 2 aromatic rings. The van der Waals surface area contributed by atoms with E-state index >= 15 is 0 Å². The van der Waals surface area contributed by atoms with Crippen molar-refractivity contribution in [3.63, 3.8) is 0 Å². The number of ether oxygens (including phenoxy) is 1. The highest BCUT2D eigenvalue weighted by atomic mass is 16.5. The highest BCUT2D eigenvalue weighted by molar-refractivity contribution is 5.35. The first kappa shape index (κ1) is 10.5. The predicted octanol–water partition coefficient (Wildman–Crippen LogP) is 1.02. The Bertz CT molecular complexity index is 467. The fraction of sp³-hybridized carbons (Fsp3) is 0.273. The van der Waals surface area contributed by atoms with Gasteiger partial charge in [-0.05, 0) is 6.07 Å². The van der Waals surface area contributed by atoms with E-state index in [-0.39, 0.29) is 0 Å². The quantitative estimate of drug-likeness (QED) is 0.832. The van der Waals surface area contributed by atoms with Crippen LogP contribution in [0.5, 0.6) is 5.75 Å². The van der Waals surface area contributed by atoms with Crippen LogP contribution in [0.3, 0.4) is 0 Å². The minimum Gasteiger partial charge on any atom is -0.493 e. The van der Waals surface area contributed by atoms with Gasteiger partial charge in [-0.15, -0.1) is 0 Å². The van der Waals surface area contributed by atoms with Gasteiger partial charge in [0.2, 0.25) is 0 Å². The van der Waals surface area contributed by atoms with Crippen molar-refractivity contribution in [3.8, 4) is 5.75 Å². The van der Waals surface area contributed by atoms with Crippen LogP contribution in [-0.4, -0.2) is 21.1 Å². The van der Waals surface area contributed by atoms with Gasteiger partial charge in [-0.3, -0.25) is 0 Å². The topological polar surface area (TPSA) is 66.0 Å². The molecule has 0 aliphatic rings. The van der Waals surface area contributed by atoms with Crippen molar-refractivity contribution >= 4 is 5.82 Å². The third kappa shape index (κ3) is 2.50. The minimum absolute atomic E-state index is 0.467. The second-order valence-electron chi connectivity index (χ2n) is 3.47. The summed E-state index contributed by atoms with van der Waals surface area (Å²) in [6, 6.07) is 3.49. The summed E-state index contributed by atoms with van der Waals surface area (Å²) in [7, 11) is 1.97. The molecule has 84 valence electrons. The summed E-state index contributed by atoms with van der Waals surface area (Å²) >= 11 is 0. The maximum atomic E-state index is 5.54. The van der Waals surface area contributed by atoms with Crippen LogP contribution >= 0.6 is 0 Å². The third-order valence-corrected chi connectivity index (χ3v) is 2.27. The number of aromatic nitrogens is 3. The van der Waals surface area contributed by atoms with Crippen molar-refractivity contribution in [2.75, 3.05) is 12.3 Å². The molecule has 2 rings (SSSR count). The molecule has 0 saturated carbocycles. The van der Waals surface area contributed by atoms with E-state index in [0.29, 0.717) is 12.4 Å². The van der Waals surface area contributed by atoms with Gasteiger partial charge in [0.1, 0.15) is 17.4 Å². The lowest BCUT2D eigenvalue weighted by Gasteiger charge is -2.06. The summed E-state index contributed by atoms with van der Waals surface area (Å²) in [4.78, 5) is 8.10. The van der Waals surface area contributed by atoms with Crippen molar-refractivity contribution in [1.82, 2.24) is 14.5 Å². The standard InChI is InChI=1S/C11H14N4O/c1-15-6-5-14-11(15)3-7-16-9-2-4-13-10(12)8-9/h2,4-6,8H,3,7H2,1H3,(H2,12,13). The van der Waals surface area contributed by atoms with Crippen LogP contribution in [0, 0.1) is 0 Å². The zero-order chi connectivity index (χ0) is 11.4. The lowest BCUT2D eigenvalue weighted by Crippen LogP contribution is -2.06. The summed E-state index contributed by atoms with van der Waals surface area (Å²) in [5.41, 5.74) is 5.54. The Balaban J connectivity index is 1.87. The molecule has 2 N–H and O–H groups in total. The average molecular weight is 218 g/mol. The molecule has 5 heteroatoms.